The zero-order valence-electron chi connectivity index (χ0n) is 25.6. The first-order valence-electron chi connectivity index (χ1n) is 15.1. The third-order valence-electron chi connectivity index (χ3n) is 8.33. The van der Waals surface area contributed by atoms with Gasteiger partial charge in [0.2, 0.25) is 0 Å². The van der Waals surface area contributed by atoms with Gasteiger partial charge in [0.25, 0.3) is 10.0 Å². The number of halogens is 2. The van der Waals surface area contributed by atoms with Gasteiger partial charge in [-0.1, -0.05) is 43.3 Å². The van der Waals surface area contributed by atoms with Gasteiger partial charge in [0.05, 0.1) is 11.1 Å². The van der Waals surface area contributed by atoms with Crippen molar-refractivity contribution in [1.82, 2.24) is 4.98 Å². The Balaban J connectivity index is 1.40. The molecule has 0 spiro atoms. The number of hydrogen-bond donors (Lipinski definition) is 2. The third kappa shape index (κ3) is 8.02. The van der Waals surface area contributed by atoms with E-state index >= 15 is 0 Å². The number of pyridine rings is 1. The van der Waals surface area contributed by atoms with Crippen molar-refractivity contribution < 1.29 is 31.8 Å². The molecule has 1 atom stereocenters. The first-order chi connectivity index (χ1) is 22.5. The zero-order chi connectivity index (χ0) is 33.6. The summed E-state index contributed by atoms with van der Waals surface area (Å²) in [7, 11) is -4.08. The number of hydrogen-bond acceptors (Lipinski definition) is 7. The molecule has 0 amide bonds. The van der Waals surface area contributed by atoms with Gasteiger partial charge >= 0.3 is 5.97 Å². The molecule has 0 radical (unpaired) electrons. The Hall–Kier alpha value is -5.08. The van der Waals surface area contributed by atoms with Crippen molar-refractivity contribution in [1.29, 1.82) is 5.26 Å². The zero-order valence-corrected chi connectivity index (χ0v) is 26.4. The maximum atomic E-state index is 13.8. The summed E-state index contributed by atoms with van der Waals surface area (Å²) in [5.74, 6) is -2.11. The molecule has 1 aromatic heterocycles. The molecule has 242 valence electrons. The lowest BCUT2D eigenvalue weighted by Crippen LogP contribution is -2.42. The molecule has 2 N–H and O–H groups in total. The van der Waals surface area contributed by atoms with Gasteiger partial charge < -0.3 is 9.84 Å². The average molecular weight is 658 g/mol. The number of esters is 1. The average Bonchev–Trinajstić information content (AvgIpc) is 3.06. The molecule has 1 aliphatic heterocycles. The predicted molar refractivity (Wildman–Crippen MR) is 172 cm³/mol. The van der Waals surface area contributed by atoms with Gasteiger partial charge in [-0.05, 0) is 97.3 Å². The van der Waals surface area contributed by atoms with Crippen LogP contribution in [0.1, 0.15) is 60.8 Å². The van der Waals surface area contributed by atoms with E-state index < -0.39 is 27.5 Å². The van der Waals surface area contributed by atoms with Crippen LogP contribution in [0.5, 0.6) is 0 Å². The van der Waals surface area contributed by atoms with Gasteiger partial charge in [-0.15, -0.1) is 0 Å². The second kappa shape index (κ2) is 14.1. The maximum Gasteiger partial charge on any atom is 0.338 e. The Bertz CT molecular complexity index is 1870. The van der Waals surface area contributed by atoms with E-state index in [1.807, 2.05) is 13.0 Å². The quantitative estimate of drug-likeness (QED) is 0.153. The Morgan fingerprint density at radius 2 is 1.60 bits per heavy atom. The van der Waals surface area contributed by atoms with Crippen LogP contribution in [0.2, 0.25) is 0 Å². The first kappa shape index (κ1) is 33.3. The lowest BCUT2D eigenvalue weighted by atomic mass is 9.79. The SMILES string of the molecule is CCC(C1=C(O)CC(CCc2ccc(F)cc2)(CCc2ccc(F)cc2)OC1=O)c1cccc(NS(=O)(=O)c2ccc(C#N)cn2)c1. The fourth-order valence-corrected chi connectivity index (χ4v) is 6.82. The summed E-state index contributed by atoms with van der Waals surface area (Å²) in [4.78, 5) is 17.6. The molecule has 2 heterocycles. The van der Waals surface area contributed by atoms with Gasteiger partial charge in [-0.25, -0.2) is 18.6 Å². The highest BCUT2D eigenvalue weighted by Crippen LogP contribution is 2.42. The van der Waals surface area contributed by atoms with Gasteiger partial charge in [0.1, 0.15) is 29.1 Å². The Labute approximate surface area is 272 Å². The van der Waals surface area contributed by atoms with E-state index in [0.717, 1.165) is 11.1 Å². The molecule has 0 saturated carbocycles. The Morgan fingerprint density at radius 1 is 0.979 bits per heavy atom. The number of rotatable bonds is 12. The van der Waals surface area contributed by atoms with Crippen LogP contribution in [0.3, 0.4) is 0 Å². The van der Waals surface area contributed by atoms with Crippen molar-refractivity contribution in [3.05, 3.63) is 136 Å². The monoisotopic (exact) mass is 657 g/mol. The van der Waals surface area contributed by atoms with Crippen LogP contribution in [-0.4, -0.2) is 30.1 Å². The van der Waals surface area contributed by atoms with Crippen molar-refractivity contribution >= 4 is 21.7 Å². The molecular formula is C36H33F2N3O5S. The number of benzene rings is 3. The van der Waals surface area contributed by atoms with E-state index in [9.17, 15) is 27.1 Å². The molecule has 1 unspecified atom stereocenters. The number of nitrogens with zero attached hydrogens (tertiary/aromatic N) is 2. The summed E-state index contributed by atoms with van der Waals surface area (Å²) in [5.41, 5.74) is 1.75. The second-order valence-corrected chi connectivity index (χ2v) is 13.2. The topological polar surface area (TPSA) is 129 Å². The summed E-state index contributed by atoms with van der Waals surface area (Å²) >= 11 is 0. The number of sulfonamides is 1. The minimum atomic E-state index is -4.08. The number of aliphatic hydroxyl groups is 1. The molecule has 4 aromatic rings. The third-order valence-corrected chi connectivity index (χ3v) is 9.63. The number of aromatic nitrogens is 1. The molecule has 11 heteroatoms. The maximum absolute atomic E-state index is 13.8. The lowest BCUT2D eigenvalue weighted by molar-refractivity contribution is -0.161. The van der Waals surface area contributed by atoms with Gasteiger partial charge in [-0.2, -0.15) is 13.7 Å². The second-order valence-electron chi connectivity index (χ2n) is 11.6. The number of anilines is 1. The highest BCUT2D eigenvalue weighted by Gasteiger charge is 2.43. The molecule has 0 aliphatic carbocycles. The summed E-state index contributed by atoms with van der Waals surface area (Å²) in [5, 5.41) is 20.2. The largest absolute Gasteiger partial charge is 0.512 e. The van der Waals surface area contributed by atoms with Gasteiger partial charge in [0, 0.05) is 24.2 Å². The summed E-state index contributed by atoms with van der Waals surface area (Å²) < 4.78 is 61.7. The van der Waals surface area contributed by atoms with Gasteiger partial charge in [0.15, 0.2) is 5.03 Å². The lowest BCUT2D eigenvalue weighted by Gasteiger charge is -2.39. The fourth-order valence-electron chi connectivity index (χ4n) is 5.84. The minimum Gasteiger partial charge on any atom is -0.512 e. The number of aryl methyl sites for hydroxylation is 2. The molecular weight excluding hydrogens is 624 g/mol. The molecule has 0 fully saturated rings. The van der Waals surface area contributed by atoms with Crippen LogP contribution in [0.15, 0.2) is 107 Å². The summed E-state index contributed by atoms with van der Waals surface area (Å²) in [6.07, 6.45) is 3.27. The number of carbonyl (C=O) groups is 1. The number of nitrogens with one attached hydrogen (secondary N) is 1. The number of cyclic esters (lactones) is 1. The highest BCUT2D eigenvalue weighted by atomic mass is 32.2. The molecule has 1 aliphatic rings. The predicted octanol–water partition coefficient (Wildman–Crippen LogP) is 7.29. The van der Waals surface area contributed by atoms with E-state index in [-0.39, 0.29) is 45.7 Å². The van der Waals surface area contributed by atoms with Crippen LogP contribution in [0.25, 0.3) is 0 Å². The Kier molecular flexibility index (Phi) is 10.0. The van der Waals surface area contributed by atoms with Crippen molar-refractivity contribution in [2.24, 2.45) is 0 Å². The van der Waals surface area contributed by atoms with E-state index in [2.05, 4.69) is 9.71 Å². The van der Waals surface area contributed by atoms with Crippen molar-refractivity contribution in [3.8, 4) is 6.07 Å². The Morgan fingerprint density at radius 3 is 2.11 bits per heavy atom. The van der Waals surface area contributed by atoms with Crippen LogP contribution >= 0.6 is 0 Å². The van der Waals surface area contributed by atoms with Crippen molar-refractivity contribution in [3.63, 3.8) is 0 Å². The van der Waals surface area contributed by atoms with Crippen LogP contribution in [0.4, 0.5) is 14.5 Å². The molecule has 3 aromatic carbocycles. The molecule has 8 nitrogen and oxygen atoms in total. The van der Waals surface area contributed by atoms with Crippen molar-refractivity contribution in [2.45, 2.75) is 62.0 Å². The van der Waals surface area contributed by atoms with E-state index in [4.69, 9.17) is 10.00 Å². The van der Waals surface area contributed by atoms with E-state index in [1.54, 1.807) is 48.5 Å². The van der Waals surface area contributed by atoms with Crippen LogP contribution < -0.4 is 4.72 Å². The molecule has 0 saturated heterocycles. The number of aliphatic hydroxyl groups excluding tert-OH is 1. The number of carbonyl (C=O) groups excluding carboxylic acids is 1. The fraction of sp³-hybridized carbons (Fsp3) is 0.250. The highest BCUT2D eigenvalue weighted by molar-refractivity contribution is 7.92. The first-order valence-corrected chi connectivity index (χ1v) is 16.6. The van der Waals surface area contributed by atoms with Gasteiger partial charge in [-0.3, -0.25) is 4.72 Å². The molecule has 47 heavy (non-hydrogen) atoms. The number of nitriles is 1. The number of ether oxygens (including phenoxy) is 1. The van der Waals surface area contributed by atoms with E-state index in [0.29, 0.717) is 37.7 Å². The van der Waals surface area contributed by atoms with E-state index in [1.165, 1.54) is 42.6 Å². The molecule has 5 rings (SSSR count). The minimum absolute atomic E-state index is 0.0453. The smallest absolute Gasteiger partial charge is 0.338 e. The van der Waals surface area contributed by atoms with Crippen molar-refractivity contribution in [2.75, 3.05) is 4.72 Å². The van der Waals surface area contributed by atoms with Crippen LogP contribution in [0, 0.1) is 23.0 Å². The summed E-state index contributed by atoms with van der Waals surface area (Å²) in [6, 6.07) is 23.1. The van der Waals surface area contributed by atoms with Crippen LogP contribution in [-0.2, 0) is 32.4 Å². The normalized spacial score (nSPS) is 15.1. The standard InChI is InChI=1S/C36H33F2N3O5S/c1-2-31(27-4-3-5-30(20-27)41-47(44,45)33-15-10-26(22-39)23-40-33)34-32(42)21-36(46-35(34)43,18-16-24-6-11-28(37)12-7-24)19-17-25-8-13-29(38)14-9-25/h3-15,20,23,31,41-42H,2,16-19,21H2,1H3. The summed E-state index contributed by atoms with van der Waals surface area (Å²) in [6.45, 7) is 1.85. The molecule has 0 bridgehead atoms.